The van der Waals surface area contributed by atoms with E-state index < -0.39 is 5.41 Å². The van der Waals surface area contributed by atoms with E-state index in [1.165, 1.54) is 18.9 Å². The number of ketones is 2. The smallest absolute Gasteiger partial charge is 0.221 e. The first kappa shape index (κ1) is 14.6. The summed E-state index contributed by atoms with van der Waals surface area (Å²) in [7, 11) is 0. The standard InChI is InChI=1S/C19H26O3/c1-18-12(5-7-16(21)17(18)22)4-6-13-14(18)8-10-19(11-20)9-2-3-15(13)19/h5,7,12-15,20H,2-4,6,8-11H2,1H3/t12?,13-,14+,15+,18+,19+/m1/s1. The predicted octanol–water partition coefficient (Wildman–Crippen LogP) is 2.92. The number of fused-ring (bicyclic) bond motifs is 5. The highest BCUT2D eigenvalue weighted by Gasteiger charge is 2.61. The molecule has 4 aliphatic rings. The summed E-state index contributed by atoms with van der Waals surface area (Å²) in [4.78, 5) is 24.7. The van der Waals surface area contributed by atoms with Crippen LogP contribution in [0.3, 0.4) is 0 Å². The summed E-state index contributed by atoms with van der Waals surface area (Å²) in [5.74, 6) is 1.20. The van der Waals surface area contributed by atoms with Crippen molar-refractivity contribution in [1.29, 1.82) is 0 Å². The number of hydrogen-bond acceptors (Lipinski definition) is 3. The zero-order valence-electron chi connectivity index (χ0n) is 13.4. The maximum atomic E-state index is 12.7. The summed E-state index contributed by atoms with van der Waals surface area (Å²) in [6.07, 6.45) is 11.3. The van der Waals surface area contributed by atoms with E-state index in [2.05, 4.69) is 6.92 Å². The average Bonchev–Trinajstić information content (AvgIpc) is 2.96. The van der Waals surface area contributed by atoms with E-state index in [-0.39, 0.29) is 22.9 Å². The minimum atomic E-state index is -0.487. The lowest BCUT2D eigenvalue weighted by Gasteiger charge is -2.57. The monoisotopic (exact) mass is 302 g/mol. The van der Waals surface area contributed by atoms with E-state index in [9.17, 15) is 14.7 Å². The van der Waals surface area contributed by atoms with Gasteiger partial charge in [-0.1, -0.05) is 19.4 Å². The van der Waals surface area contributed by atoms with Gasteiger partial charge in [0.15, 0.2) is 0 Å². The first-order valence-electron chi connectivity index (χ1n) is 8.91. The molecular formula is C19H26O3. The van der Waals surface area contributed by atoms with Crippen LogP contribution in [0, 0.1) is 34.5 Å². The molecule has 6 atom stereocenters. The maximum Gasteiger partial charge on any atom is 0.221 e. The highest BCUT2D eigenvalue weighted by atomic mass is 16.3. The van der Waals surface area contributed by atoms with E-state index in [4.69, 9.17) is 0 Å². The third kappa shape index (κ3) is 1.66. The molecule has 3 heteroatoms. The zero-order valence-corrected chi connectivity index (χ0v) is 13.4. The van der Waals surface area contributed by atoms with Crippen LogP contribution in [-0.4, -0.2) is 23.3 Å². The van der Waals surface area contributed by atoms with Crippen molar-refractivity contribution in [1.82, 2.24) is 0 Å². The molecule has 4 rings (SSSR count). The van der Waals surface area contributed by atoms with Crippen molar-refractivity contribution in [2.24, 2.45) is 34.5 Å². The van der Waals surface area contributed by atoms with Gasteiger partial charge >= 0.3 is 0 Å². The van der Waals surface area contributed by atoms with Crippen molar-refractivity contribution in [3.05, 3.63) is 12.2 Å². The molecule has 0 aromatic carbocycles. The Bertz CT molecular complexity index is 551. The summed E-state index contributed by atoms with van der Waals surface area (Å²) < 4.78 is 0. The zero-order chi connectivity index (χ0) is 15.5. The minimum Gasteiger partial charge on any atom is -0.396 e. The fourth-order valence-electron chi connectivity index (χ4n) is 6.63. The normalized spacial score (nSPS) is 50.5. The van der Waals surface area contributed by atoms with Crippen LogP contribution in [0.15, 0.2) is 12.2 Å². The SMILES string of the molecule is C[C@]12C(=O)C(=O)C=CC1CC[C@H]1[C@@H]3CCC[C@@]3(CO)CC[C@@H]12. The quantitative estimate of drug-likeness (QED) is 0.758. The predicted molar refractivity (Wildman–Crippen MR) is 83.1 cm³/mol. The Morgan fingerprint density at radius 2 is 1.95 bits per heavy atom. The van der Waals surface area contributed by atoms with E-state index in [1.807, 2.05) is 6.08 Å². The van der Waals surface area contributed by atoms with Crippen LogP contribution < -0.4 is 0 Å². The molecule has 120 valence electrons. The number of rotatable bonds is 1. The molecule has 3 nitrogen and oxygen atoms in total. The van der Waals surface area contributed by atoms with Gasteiger partial charge in [-0.2, -0.15) is 0 Å². The summed E-state index contributed by atoms with van der Waals surface area (Å²) in [5.41, 5.74) is -0.374. The van der Waals surface area contributed by atoms with Crippen LogP contribution in [0.4, 0.5) is 0 Å². The van der Waals surface area contributed by atoms with Crippen LogP contribution >= 0.6 is 0 Å². The third-order valence-corrected chi connectivity index (χ3v) is 7.82. The van der Waals surface area contributed by atoms with Gasteiger partial charge in [-0.25, -0.2) is 0 Å². The van der Waals surface area contributed by atoms with Gasteiger partial charge in [-0.05, 0) is 73.7 Å². The van der Waals surface area contributed by atoms with Gasteiger partial charge in [0.2, 0.25) is 11.6 Å². The highest BCUT2D eigenvalue weighted by molar-refractivity contribution is 6.44. The lowest BCUT2D eigenvalue weighted by molar-refractivity contribution is -0.155. The van der Waals surface area contributed by atoms with Crippen LogP contribution in [0.25, 0.3) is 0 Å². The number of hydrogen-bond donors (Lipinski definition) is 1. The Kier molecular flexibility index (Phi) is 3.17. The molecule has 0 aromatic heterocycles. The van der Waals surface area contributed by atoms with Crippen molar-refractivity contribution in [3.63, 3.8) is 0 Å². The van der Waals surface area contributed by atoms with E-state index in [0.717, 1.165) is 32.1 Å². The fraction of sp³-hybridized carbons (Fsp3) is 0.789. The molecule has 3 fully saturated rings. The molecule has 0 amide bonds. The van der Waals surface area contributed by atoms with E-state index in [0.29, 0.717) is 24.4 Å². The van der Waals surface area contributed by atoms with Gasteiger partial charge in [0.05, 0.1) is 0 Å². The van der Waals surface area contributed by atoms with Crippen LogP contribution in [0.2, 0.25) is 0 Å². The van der Waals surface area contributed by atoms with Gasteiger partial charge in [-0.15, -0.1) is 0 Å². The summed E-state index contributed by atoms with van der Waals surface area (Å²) in [6.45, 7) is 2.35. The fourth-order valence-corrected chi connectivity index (χ4v) is 6.63. The Balaban J connectivity index is 1.73. The average molecular weight is 302 g/mol. The number of aliphatic hydroxyl groups is 1. The summed E-state index contributed by atoms with van der Waals surface area (Å²) in [5, 5.41) is 10.0. The number of carbonyl (C=O) groups is 2. The molecule has 0 aromatic rings. The van der Waals surface area contributed by atoms with Crippen molar-refractivity contribution < 1.29 is 14.7 Å². The van der Waals surface area contributed by atoms with Crippen LogP contribution in [0.1, 0.15) is 51.9 Å². The Morgan fingerprint density at radius 3 is 2.73 bits per heavy atom. The number of Topliss-reactive ketones (excluding diaryl/α,β-unsaturated/α-hetero) is 1. The molecule has 3 saturated carbocycles. The van der Waals surface area contributed by atoms with Crippen LogP contribution in [-0.2, 0) is 9.59 Å². The molecule has 22 heavy (non-hydrogen) atoms. The first-order chi connectivity index (χ1) is 10.5. The third-order valence-electron chi connectivity index (χ3n) is 7.82. The molecule has 0 radical (unpaired) electrons. The molecule has 0 heterocycles. The Morgan fingerprint density at radius 1 is 1.14 bits per heavy atom. The molecule has 0 spiro atoms. The van der Waals surface area contributed by atoms with E-state index >= 15 is 0 Å². The van der Waals surface area contributed by atoms with Crippen molar-refractivity contribution in [2.45, 2.75) is 51.9 Å². The number of carbonyl (C=O) groups excluding carboxylic acids is 2. The van der Waals surface area contributed by atoms with Crippen molar-refractivity contribution >= 4 is 11.6 Å². The molecule has 0 saturated heterocycles. The summed E-state index contributed by atoms with van der Waals surface area (Å²) >= 11 is 0. The molecule has 4 aliphatic carbocycles. The Hall–Kier alpha value is -0.960. The Labute approximate surface area is 132 Å². The first-order valence-corrected chi connectivity index (χ1v) is 8.91. The van der Waals surface area contributed by atoms with Gasteiger partial charge in [-0.3, -0.25) is 9.59 Å². The second kappa shape index (κ2) is 4.77. The van der Waals surface area contributed by atoms with E-state index in [1.54, 1.807) is 0 Å². The van der Waals surface area contributed by atoms with Crippen molar-refractivity contribution in [3.8, 4) is 0 Å². The second-order valence-corrected chi connectivity index (χ2v) is 8.35. The minimum absolute atomic E-state index is 0.113. The second-order valence-electron chi connectivity index (χ2n) is 8.35. The largest absolute Gasteiger partial charge is 0.396 e. The molecule has 0 aliphatic heterocycles. The molecule has 1 N–H and O–H groups in total. The van der Waals surface area contributed by atoms with Crippen molar-refractivity contribution in [2.75, 3.05) is 6.61 Å². The molecular weight excluding hydrogens is 276 g/mol. The lowest BCUT2D eigenvalue weighted by Crippen LogP contribution is -2.57. The lowest BCUT2D eigenvalue weighted by atomic mass is 9.45. The van der Waals surface area contributed by atoms with Gasteiger partial charge < -0.3 is 5.11 Å². The maximum absolute atomic E-state index is 12.7. The van der Waals surface area contributed by atoms with Gasteiger partial charge in [0, 0.05) is 12.0 Å². The number of allylic oxidation sites excluding steroid dienone is 2. The van der Waals surface area contributed by atoms with Gasteiger partial charge in [0.1, 0.15) is 0 Å². The molecule has 1 unspecified atom stereocenters. The number of aliphatic hydroxyl groups excluding tert-OH is 1. The topological polar surface area (TPSA) is 54.4 Å². The highest BCUT2D eigenvalue weighted by Crippen LogP contribution is 2.64. The summed E-state index contributed by atoms with van der Waals surface area (Å²) in [6, 6.07) is 0. The van der Waals surface area contributed by atoms with Crippen LogP contribution in [0.5, 0.6) is 0 Å². The molecule has 0 bridgehead atoms. The van der Waals surface area contributed by atoms with Gasteiger partial charge in [0.25, 0.3) is 0 Å².